The van der Waals surface area contributed by atoms with Crippen LogP contribution < -0.4 is 5.32 Å². The van der Waals surface area contributed by atoms with Gasteiger partial charge in [0, 0.05) is 36.6 Å². The quantitative estimate of drug-likeness (QED) is 0.737. The first-order chi connectivity index (χ1) is 9.52. The third-order valence-corrected chi connectivity index (χ3v) is 5.24. The molecule has 3 heteroatoms. The number of rotatable bonds is 9. The minimum Gasteiger partial charge on any atom is -0.314 e. The van der Waals surface area contributed by atoms with Crippen molar-refractivity contribution in [2.45, 2.75) is 65.6 Å². The average molecular weight is 295 g/mol. The molecular weight excluding hydrogens is 264 g/mol. The lowest BCUT2D eigenvalue weighted by molar-refractivity contribution is 0.140. The smallest absolute Gasteiger partial charge is 0.0331 e. The van der Waals surface area contributed by atoms with Crippen LogP contribution in [0.5, 0.6) is 0 Å². The Labute approximate surface area is 128 Å². The molecule has 2 nitrogen and oxygen atoms in total. The van der Waals surface area contributed by atoms with E-state index in [2.05, 4.69) is 55.4 Å². The molecule has 1 N–H and O–H groups in total. The highest BCUT2D eigenvalue weighted by Gasteiger charge is 2.34. The molecule has 0 spiro atoms. The van der Waals surface area contributed by atoms with Crippen LogP contribution in [0.15, 0.2) is 17.5 Å². The molecule has 0 aliphatic heterocycles. The van der Waals surface area contributed by atoms with Gasteiger partial charge < -0.3 is 5.32 Å². The van der Waals surface area contributed by atoms with E-state index < -0.39 is 0 Å². The van der Waals surface area contributed by atoms with E-state index in [-0.39, 0.29) is 0 Å². The van der Waals surface area contributed by atoms with E-state index in [1.54, 1.807) is 0 Å². The van der Waals surface area contributed by atoms with E-state index >= 15 is 0 Å². The monoisotopic (exact) mass is 294 g/mol. The van der Waals surface area contributed by atoms with E-state index in [0.29, 0.717) is 11.5 Å². The van der Waals surface area contributed by atoms with Crippen molar-refractivity contribution in [3.63, 3.8) is 0 Å². The summed E-state index contributed by atoms with van der Waals surface area (Å²) in [5.74, 6) is 0. The van der Waals surface area contributed by atoms with Crippen LogP contribution in [-0.2, 0) is 6.54 Å². The summed E-state index contributed by atoms with van der Waals surface area (Å²) in [5, 5.41) is 5.83. The highest BCUT2D eigenvalue weighted by molar-refractivity contribution is 7.09. The lowest BCUT2D eigenvalue weighted by Crippen LogP contribution is -2.44. The molecular formula is C17H30N2S. The van der Waals surface area contributed by atoms with Crippen LogP contribution in [0.25, 0.3) is 0 Å². The van der Waals surface area contributed by atoms with Gasteiger partial charge >= 0.3 is 0 Å². The Morgan fingerprint density at radius 2 is 2.20 bits per heavy atom. The van der Waals surface area contributed by atoms with Crippen LogP contribution in [0.2, 0.25) is 0 Å². The zero-order chi connectivity index (χ0) is 14.6. The Bertz CT molecular complexity index is 384. The van der Waals surface area contributed by atoms with Gasteiger partial charge in [0.15, 0.2) is 0 Å². The second kappa shape index (κ2) is 7.06. The summed E-state index contributed by atoms with van der Waals surface area (Å²) in [7, 11) is 0. The van der Waals surface area contributed by atoms with E-state index in [1.165, 1.54) is 30.7 Å². The van der Waals surface area contributed by atoms with Gasteiger partial charge in [-0.1, -0.05) is 33.8 Å². The predicted molar refractivity (Wildman–Crippen MR) is 89.3 cm³/mol. The maximum atomic E-state index is 3.64. The summed E-state index contributed by atoms with van der Waals surface area (Å²) in [6, 6.07) is 5.86. The zero-order valence-electron chi connectivity index (χ0n) is 13.5. The van der Waals surface area contributed by atoms with Crippen LogP contribution >= 0.6 is 11.3 Å². The molecule has 1 unspecified atom stereocenters. The largest absolute Gasteiger partial charge is 0.314 e. The van der Waals surface area contributed by atoms with Crippen LogP contribution in [0.4, 0.5) is 0 Å². The van der Waals surface area contributed by atoms with Crippen LogP contribution in [-0.4, -0.2) is 30.1 Å². The van der Waals surface area contributed by atoms with Crippen molar-refractivity contribution in [2.75, 3.05) is 13.1 Å². The predicted octanol–water partition coefficient (Wildman–Crippen LogP) is 4.13. The summed E-state index contributed by atoms with van der Waals surface area (Å²) < 4.78 is 0. The Morgan fingerprint density at radius 3 is 2.70 bits per heavy atom. The molecule has 1 aromatic heterocycles. The molecule has 1 heterocycles. The number of hydrogen-bond acceptors (Lipinski definition) is 3. The van der Waals surface area contributed by atoms with Gasteiger partial charge in [-0.2, -0.15) is 0 Å². The second-order valence-electron chi connectivity index (χ2n) is 6.92. The summed E-state index contributed by atoms with van der Waals surface area (Å²) in [6.45, 7) is 12.7. The van der Waals surface area contributed by atoms with Crippen LogP contribution in [0.3, 0.4) is 0 Å². The van der Waals surface area contributed by atoms with E-state index in [4.69, 9.17) is 0 Å². The summed E-state index contributed by atoms with van der Waals surface area (Å²) >= 11 is 1.89. The van der Waals surface area contributed by atoms with Gasteiger partial charge in [0.25, 0.3) is 0 Å². The summed E-state index contributed by atoms with van der Waals surface area (Å²) in [4.78, 5) is 4.23. The standard InChI is InChI=1S/C17H30N2S/c1-5-17(4,12-18-14(2)3)13-19(15-8-9-15)11-16-7-6-10-20-16/h6-7,10,14-15,18H,5,8-9,11-13H2,1-4H3. The summed E-state index contributed by atoms with van der Waals surface area (Å²) in [6.07, 6.45) is 4.02. The van der Waals surface area contributed by atoms with E-state index in [9.17, 15) is 0 Å². The maximum absolute atomic E-state index is 3.64. The zero-order valence-corrected chi connectivity index (χ0v) is 14.3. The van der Waals surface area contributed by atoms with E-state index in [1.807, 2.05) is 11.3 Å². The Kier molecular flexibility index (Phi) is 5.65. The Balaban J connectivity index is 1.94. The van der Waals surface area contributed by atoms with Gasteiger partial charge in [0.2, 0.25) is 0 Å². The minimum atomic E-state index is 0.379. The van der Waals surface area contributed by atoms with Gasteiger partial charge in [-0.3, -0.25) is 4.90 Å². The van der Waals surface area contributed by atoms with Crippen molar-refractivity contribution in [3.05, 3.63) is 22.4 Å². The molecule has 1 atom stereocenters. The molecule has 0 bridgehead atoms. The molecule has 1 aliphatic carbocycles. The van der Waals surface area contributed by atoms with Gasteiger partial charge in [0.05, 0.1) is 0 Å². The molecule has 1 aromatic rings. The average Bonchev–Trinajstić information content (AvgIpc) is 3.15. The summed E-state index contributed by atoms with van der Waals surface area (Å²) in [5.41, 5.74) is 0.379. The molecule has 0 radical (unpaired) electrons. The molecule has 2 rings (SSSR count). The topological polar surface area (TPSA) is 15.3 Å². The fraction of sp³-hybridized carbons (Fsp3) is 0.765. The molecule has 114 valence electrons. The van der Waals surface area contributed by atoms with Crippen molar-refractivity contribution < 1.29 is 0 Å². The molecule has 20 heavy (non-hydrogen) atoms. The molecule has 1 saturated carbocycles. The fourth-order valence-corrected chi connectivity index (χ4v) is 3.32. The Morgan fingerprint density at radius 1 is 1.45 bits per heavy atom. The number of nitrogens with one attached hydrogen (secondary N) is 1. The highest BCUT2D eigenvalue weighted by Crippen LogP contribution is 2.33. The van der Waals surface area contributed by atoms with E-state index in [0.717, 1.165) is 19.1 Å². The van der Waals surface area contributed by atoms with Gasteiger partial charge in [0.1, 0.15) is 0 Å². The van der Waals surface area contributed by atoms with Gasteiger partial charge in [-0.25, -0.2) is 0 Å². The van der Waals surface area contributed by atoms with Crippen LogP contribution in [0, 0.1) is 5.41 Å². The lowest BCUT2D eigenvalue weighted by Gasteiger charge is -2.36. The molecule has 1 aliphatic rings. The van der Waals surface area contributed by atoms with Crippen molar-refractivity contribution >= 4 is 11.3 Å². The molecule has 0 amide bonds. The normalized spacial score (nSPS) is 18.7. The molecule has 0 aromatic carbocycles. The first-order valence-electron chi connectivity index (χ1n) is 8.02. The highest BCUT2D eigenvalue weighted by atomic mass is 32.1. The maximum Gasteiger partial charge on any atom is 0.0331 e. The number of thiophene rings is 1. The van der Waals surface area contributed by atoms with Gasteiger partial charge in [-0.15, -0.1) is 11.3 Å². The van der Waals surface area contributed by atoms with Gasteiger partial charge in [-0.05, 0) is 36.1 Å². The molecule has 1 fully saturated rings. The number of nitrogens with zero attached hydrogens (tertiary/aromatic N) is 1. The SMILES string of the molecule is CCC(C)(CNC(C)C)CN(Cc1cccs1)C1CC1. The third kappa shape index (κ3) is 4.87. The van der Waals surface area contributed by atoms with Crippen molar-refractivity contribution in [1.29, 1.82) is 0 Å². The number of hydrogen-bond donors (Lipinski definition) is 1. The first kappa shape index (κ1) is 16.0. The Hall–Kier alpha value is -0.380. The third-order valence-electron chi connectivity index (χ3n) is 4.38. The minimum absolute atomic E-state index is 0.379. The molecule has 0 saturated heterocycles. The first-order valence-corrected chi connectivity index (χ1v) is 8.90. The second-order valence-corrected chi connectivity index (χ2v) is 7.95. The van der Waals surface area contributed by atoms with Crippen LogP contribution in [0.1, 0.15) is 51.8 Å². The van der Waals surface area contributed by atoms with Crippen molar-refractivity contribution in [1.82, 2.24) is 10.2 Å². The fourth-order valence-electron chi connectivity index (χ4n) is 2.59. The van der Waals surface area contributed by atoms with Crippen molar-refractivity contribution in [2.24, 2.45) is 5.41 Å². The lowest BCUT2D eigenvalue weighted by atomic mass is 9.86. The van der Waals surface area contributed by atoms with Crippen molar-refractivity contribution in [3.8, 4) is 0 Å².